The van der Waals surface area contributed by atoms with Gasteiger partial charge in [-0.05, 0) is 18.5 Å². The molecule has 0 saturated heterocycles. The van der Waals surface area contributed by atoms with Crippen molar-refractivity contribution in [2.24, 2.45) is 11.3 Å². The highest BCUT2D eigenvalue weighted by Crippen LogP contribution is 2.30. The van der Waals surface area contributed by atoms with Crippen LogP contribution >= 0.6 is 0 Å². The van der Waals surface area contributed by atoms with Crippen LogP contribution in [-0.4, -0.2) is 37.9 Å². The van der Waals surface area contributed by atoms with E-state index in [0.29, 0.717) is 0 Å². The van der Waals surface area contributed by atoms with Crippen LogP contribution in [-0.2, 0) is 9.22 Å². The van der Waals surface area contributed by atoms with E-state index in [4.69, 9.17) is 9.53 Å². The quantitative estimate of drug-likeness (QED) is 0.699. The molecule has 0 aliphatic carbocycles. The van der Waals surface area contributed by atoms with E-state index in [0.717, 1.165) is 0 Å². The zero-order valence-electron chi connectivity index (χ0n) is 10.2. The van der Waals surface area contributed by atoms with Gasteiger partial charge < -0.3 is 14.6 Å². The maximum atomic E-state index is 11.1. The molecule has 5 heteroatoms. The number of aliphatic hydroxyl groups is 1. The molecule has 0 aromatic carbocycles. The molecule has 2 N–H and O–H groups in total. The predicted molar refractivity (Wildman–Crippen MR) is 61.4 cm³/mol. The fourth-order valence-electron chi connectivity index (χ4n) is 1.44. The van der Waals surface area contributed by atoms with Gasteiger partial charge in [0.15, 0.2) is 9.04 Å². The summed E-state index contributed by atoms with van der Waals surface area (Å²) in [6.45, 7) is 9.42. The number of carboxylic acids is 1. The Bertz CT molecular complexity index is 210. The summed E-state index contributed by atoms with van der Waals surface area (Å²) in [5.74, 6) is -1.35. The summed E-state index contributed by atoms with van der Waals surface area (Å²) in [5.41, 5.74) is -0.277. The van der Waals surface area contributed by atoms with E-state index >= 15 is 0 Å². The van der Waals surface area contributed by atoms with Gasteiger partial charge in [0.1, 0.15) is 6.10 Å². The minimum Gasteiger partial charge on any atom is -0.479 e. The molecular formula is C10H22O4Si. The number of rotatable bonds is 5. The molecule has 0 saturated carbocycles. The molecule has 0 radical (unpaired) electrons. The van der Waals surface area contributed by atoms with Crippen LogP contribution in [0.15, 0.2) is 0 Å². The smallest absolute Gasteiger partial charge is 0.331 e. The highest BCUT2D eigenvalue weighted by Gasteiger charge is 2.37. The average Bonchev–Trinajstić information content (AvgIpc) is 2.00. The van der Waals surface area contributed by atoms with Gasteiger partial charge in [0.05, 0.1) is 0 Å². The lowest BCUT2D eigenvalue weighted by Crippen LogP contribution is -2.43. The van der Waals surface area contributed by atoms with Crippen molar-refractivity contribution in [3.63, 3.8) is 0 Å². The molecule has 2 atom stereocenters. The van der Waals surface area contributed by atoms with E-state index in [-0.39, 0.29) is 17.9 Å². The molecule has 15 heavy (non-hydrogen) atoms. The third-order valence-corrected chi connectivity index (χ3v) is 3.17. The lowest BCUT2D eigenvalue weighted by molar-refractivity contribution is -0.151. The number of aliphatic hydroxyl groups excluding tert-OH is 1. The summed E-state index contributed by atoms with van der Waals surface area (Å²) in [5, 5.41) is 18.3. The van der Waals surface area contributed by atoms with Crippen LogP contribution in [0.1, 0.15) is 20.8 Å². The molecule has 0 aromatic rings. The lowest BCUT2D eigenvalue weighted by atomic mass is 9.78. The van der Waals surface area contributed by atoms with Crippen LogP contribution in [0.4, 0.5) is 0 Å². The first kappa shape index (κ1) is 14.6. The maximum Gasteiger partial charge on any atom is 0.331 e. The molecule has 0 heterocycles. The van der Waals surface area contributed by atoms with E-state index in [1.807, 2.05) is 33.9 Å². The van der Waals surface area contributed by atoms with Crippen molar-refractivity contribution in [3.05, 3.63) is 0 Å². The minimum atomic E-state index is -1.42. The number of carboxylic acid groups (broad SMARTS) is 1. The predicted octanol–water partition coefficient (Wildman–Crippen LogP) is 1.09. The first-order valence-electron chi connectivity index (χ1n) is 5.19. The van der Waals surface area contributed by atoms with E-state index in [2.05, 4.69) is 0 Å². The molecular weight excluding hydrogens is 212 g/mol. The molecule has 90 valence electrons. The Morgan fingerprint density at radius 3 is 2.07 bits per heavy atom. The SMILES string of the molecule is C[SiH](C)O[C@H](C(=O)O)C(CO)C(C)(C)C. The zero-order valence-corrected chi connectivity index (χ0v) is 11.3. The Labute approximate surface area is 93.0 Å². The zero-order chi connectivity index (χ0) is 12.2. The monoisotopic (exact) mass is 234 g/mol. The molecule has 0 bridgehead atoms. The number of hydrogen-bond donors (Lipinski definition) is 2. The maximum absolute atomic E-state index is 11.1. The normalized spacial score (nSPS) is 16.5. The minimum absolute atomic E-state index is 0.165. The number of hydrogen-bond acceptors (Lipinski definition) is 3. The fraction of sp³-hybridized carbons (Fsp3) is 0.900. The second-order valence-electron chi connectivity index (χ2n) is 5.10. The van der Waals surface area contributed by atoms with Crippen molar-refractivity contribution in [1.82, 2.24) is 0 Å². The van der Waals surface area contributed by atoms with Crippen LogP contribution in [0.5, 0.6) is 0 Å². The first-order chi connectivity index (χ1) is 6.70. The van der Waals surface area contributed by atoms with Crippen LogP contribution in [0.2, 0.25) is 13.1 Å². The van der Waals surface area contributed by atoms with Gasteiger partial charge in [-0.15, -0.1) is 0 Å². The van der Waals surface area contributed by atoms with Crippen molar-refractivity contribution >= 4 is 15.0 Å². The van der Waals surface area contributed by atoms with Crippen molar-refractivity contribution in [2.75, 3.05) is 6.61 Å². The summed E-state index contributed by atoms with van der Waals surface area (Å²) in [4.78, 5) is 11.1. The summed E-state index contributed by atoms with van der Waals surface area (Å²) in [7, 11) is -1.42. The average molecular weight is 234 g/mol. The summed E-state index contributed by atoms with van der Waals surface area (Å²) in [6.07, 6.45) is -0.887. The summed E-state index contributed by atoms with van der Waals surface area (Å²) >= 11 is 0. The second kappa shape index (κ2) is 5.63. The third-order valence-electron chi connectivity index (χ3n) is 2.34. The van der Waals surface area contributed by atoms with Gasteiger partial charge >= 0.3 is 5.97 Å². The van der Waals surface area contributed by atoms with Crippen LogP contribution in [0.3, 0.4) is 0 Å². The van der Waals surface area contributed by atoms with E-state index in [1.54, 1.807) is 0 Å². The van der Waals surface area contributed by atoms with Crippen molar-refractivity contribution in [2.45, 2.75) is 40.0 Å². The first-order valence-corrected chi connectivity index (χ1v) is 7.97. The Balaban J connectivity index is 4.79. The van der Waals surface area contributed by atoms with Crippen molar-refractivity contribution < 1.29 is 19.4 Å². The van der Waals surface area contributed by atoms with Gasteiger partial charge in [-0.25, -0.2) is 4.79 Å². The highest BCUT2D eigenvalue weighted by molar-refractivity contribution is 6.48. The molecule has 0 amide bonds. The molecule has 0 rings (SSSR count). The molecule has 1 unspecified atom stereocenters. The number of aliphatic carboxylic acids is 1. The summed E-state index contributed by atoms with van der Waals surface area (Å²) in [6, 6.07) is 0. The molecule has 0 fully saturated rings. The topological polar surface area (TPSA) is 66.8 Å². The van der Waals surface area contributed by atoms with Crippen LogP contribution < -0.4 is 0 Å². The molecule has 0 aliphatic rings. The van der Waals surface area contributed by atoms with Gasteiger partial charge in [0, 0.05) is 12.5 Å². The van der Waals surface area contributed by atoms with Gasteiger partial charge in [0.2, 0.25) is 0 Å². The fourth-order valence-corrected chi connectivity index (χ4v) is 2.33. The largest absolute Gasteiger partial charge is 0.479 e. The summed E-state index contributed by atoms with van der Waals surface area (Å²) < 4.78 is 5.47. The second-order valence-corrected chi connectivity index (χ2v) is 7.47. The van der Waals surface area contributed by atoms with Crippen LogP contribution in [0, 0.1) is 11.3 Å². The van der Waals surface area contributed by atoms with E-state index in [9.17, 15) is 9.90 Å². The Hall–Kier alpha value is -0.393. The Morgan fingerprint density at radius 2 is 1.87 bits per heavy atom. The van der Waals surface area contributed by atoms with Gasteiger partial charge in [-0.3, -0.25) is 0 Å². The lowest BCUT2D eigenvalue weighted by Gasteiger charge is -2.34. The van der Waals surface area contributed by atoms with Crippen molar-refractivity contribution in [3.8, 4) is 0 Å². The van der Waals surface area contributed by atoms with Gasteiger partial charge in [-0.1, -0.05) is 20.8 Å². The Morgan fingerprint density at radius 1 is 1.40 bits per heavy atom. The standard InChI is InChI=1S/C10H22O4Si/c1-10(2,3)7(6-11)8(9(12)13)14-15(4)5/h7-8,11,15H,6H2,1-5H3,(H,12,13)/t7?,8-/m0/s1. The van der Waals surface area contributed by atoms with Gasteiger partial charge in [-0.2, -0.15) is 0 Å². The molecule has 0 aromatic heterocycles. The van der Waals surface area contributed by atoms with Crippen molar-refractivity contribution in [1.29, 1.82) is 0 Å². The van der Waals surface area contributed by atoms with Crippen LogP contribution in [0.25, 0.3) is 0 Å². The molecule has 0 aliphatic heterocycles. The third kappa shape index (κ3) is 4.77. The number of carbonyl (C=O) groups is 1. The molecule has 0 spiro atoms. The van der Waals surface area contributed by atoms with Gasteiger partial charge in [0.25, 0.3) is 0 Å². The Kier molecular flexibility index (Phi) is 5.48. The molecule has 4 nitrogen and oxygen atoms in total. The van der Waals surface area contributed by atoms with E-state index < -0.39 is 21.1 Å². The van der Waals surface area contributed by atoms with E-state index in [1.165, 1.54) is 0 Å². The highest BCUT2D eigenvalue weighted by atomic mass is 28.3.